The van der Waals surface area contributed by atoms with Gasteiger partial charge in [-0.25, -0.2) is 4.79 Å². The first-order valence-corrected chi connectivity index (χ1v) is 9.81. The van der Waals surface area contributed by atoms with E-state index in [1.165, 1.54) is 6.42 Å². The van der Waals surface area contributed by atoms with Crippen LogP contribution in [0.2, 0.25) is 0 Å². The molecule has 2 rings (SSSR count). The molecule has 0 aromatic heterocycles. The van der Waals surface area contributed by atoms with Crippen LogP contribution in [-0.2, 0) is 9.59 Å². The normalized spacial score (nSPS) is 29.6. The van der Waals surface area contributed by atoms with E-state index in [9.17, 15) is 14.4 Å². The van der Waals surface area contributed by atoms with Gasteiger partial charge in [0, 0.05) is 6.04 Å². The number of nitrogens with one attached hydrogen (secondary N) is 2. The van der Waals surface area contributed by atoms with Crippen molar-refractivity contribution in [3.05, 3.63) is 0 Å². The van der Waals surface area contributed by atoms with Crippen molar-refractivity contribution in [3.63, 3.8) is 0 Å². The Morgan fingerprint density at radius 1 is 1.24 bits per heavy atom. The molecular formula is C19H33N3O3. The summed E-state index contributed by atoms with van der Waals surface area (Å²) in [7, 11) is 0. The van der Waals surface area contributed by atoms with Gasteiger partial charge in [-0.05, 0) is 32.1 Å². The number of nitrogens with zero attached hydrogens (tertiary/aromatic N) is 1. The van der Waals surface area contributed by atoms with E-state index in [1.54, 1.807) is 6.92 Å². The van der Waals surface area contributed by atoms with Crippen molar-refractivity contribution < 1.29 is 14.4 Å². The lowest BCUT2D eigenvalue weighted by molar-refractivity contribution is -0.135. The average Bonchev–Trinajstić information content (AvgIpc) is 2.77. The van der Waals surface area contributed by atoms with Gasteiger partial charge in [0.2, 0.25) is 5.91 Å². The van der Waals surface area contributed by atoms with Crippen molar-refractivity contribution in [2.24, 2.45) is 5.92 Å². The van der Waals surface area contributed by atoms with Gasteiger partial charge in [-0.15, -0.1) is 0 Å². The van der Waals surface area contributed by atoms with Gasteiger partial charge in [0.05, 0.1) is 0 Å². The Labute approximate surface area is 151 Å². The summed E-state index contributed by atoms with van der Waals surface area (Å²) in [5, 5.41) is 5.79. The number of rotatable bonds is 8. The van der Waals surface area contributed by atoms with E-state index >= 15 is 0 Å². The van der Waals surface area contributed by atoms with Crippen LogP contribution in [0.15, 0.2) is 0 Å². The summed E-state index contributed by atoms with van der Waals surface area (Å²) < 4.78 is 0. The number of imide groups is 1. The zero-order valence-corrected chi connectivity index (χ0v) is 15.9. The molecule has 1 saturated carbocycles. The number of hydrogen-bond acceptors (Lipinski definition) is 3. The second-order valence-electron chi connectivity index (χ2n) is 7.90. The van der Waals surface area contributed by atoms with Gasteiger partial charge < -0.3 is 10.6 Å². The van der Waals surface area contributed by atoms with Crippen LogP contribution < -0.4 is 10.6 Å². The quantitative estimate of drug-likeness (QED) is 0.521. The molecule has 0 aromatic carbocycles. The number of urea groups is 1. The number of carbonyl (C=O) groups is 3. The highest BCUT2D eigenvalue weighted by Crippen LogP contribution is 2.25. The van der Waals surface area contributed by atoms with Gasteiger partial charge in [-0.2, -0.15) is 0 Å². The molecule has 2 N–H and O–H groups in total. The predicted molar refractivity (Wildman–Crippen MR) is 97.0 cm³/mol. The van der Waals surface area contributed by atoms with E-state index in [2.05, 4.69) is 24.5 Å². The van der Waals surface area contributed by atoms with Crippen LogP contribution in [0.1, 0.15) is 78.6 Å². The summed E-state index contributed by atoms with van der Waals surface area (Å²) in [6.07, 6.45) is 9.24. The molecule has 2 fully saturated rings. The molecule has 0 bridgehead atoms. The zero-order chi connectivity index (χ0) is 18.4. The fourth-order valence-corrected chi connectivity index (χ4v) is 3.89. The Hall–Kier alpha value is -1.59. The maximum atomic E-state index is 12.7. The highest BCUT2D eigenvalue weighted by molar-refractivity contribution is 6.08. The molecule has 3 atom stereocenters. The van der Waals surface area contributed by atoms with Crippen LogP contribution in [0.25, 0.3) is 0 Å². The van der Waals surface area contributed by atoms with Gasteiger partial charge in [-0.1, -0.05) is 52.4 Å². The maximum Gasteiger partial charge on any atom is 0.325 e. The van der Waals surface area contributed by atoms with E-state index in [4.69, 9.17) is 0 Å². The summed E-state index contributed by atoms with van der Waals surface area (Å²) in [5.41, 5.74) is -0.872. The Morgan fingerprint density at radius 2 is 1.96 bits per heavy atom. The van der Waals surface area contributed by atoms with E-state index in [0.717, 1.165) is 49.8 Å². The van der Waals surface area contributed by atoms with Gasteiger partial charge in [0.25, 0.3) is 5.91 Å². The summed E-state index contributed by atoms with van der Waals surface area (Å²) >= 11 is 0. The lowest BCUT2D eigenvalue weighted by Crippen LogP contribution is -2.48. The standard InChI is InChI=1S/C19H33N3O3/c1-4-5-6-9-12-19(3)17(24)22(18(25)21-19)13-16(23)20-15-11-8-7-10-14(15)2/h14-15H,4-13H2,1-3H3,(H,20,23)(H,21,25)/t14-,15+,19+/m0/s1. The minimum atomic E-state index is -0.872. The number of amides is 4. The highest BCUT2D eigenvalue weighted by Gasteiger charge is 2.47. The van der Waals surface area contributed by atoms with Crippen molar-refractivity contribution in [1.29, 1.82) is 0 Å². The first-order valence-electron chi connectivity index (χ1n) is 9.81. The third-order valence-electron chi connectivity index (χ3n) is 5.64. The Balaban J connectivity index is 1.87. The number of carbonyl (C=O) groups excluding carboxylic acids is 3. The maximum absolute atomic E-state index is 12.7. The minimum absolute atomic E-state index is 0.155. The molecule has 25 heavy (non-hydrogen) atoms. The van der Waals surface area contributed by atoms with Crippen molar-refractivity contribution in [2.45, 2.75) is 90.1 Å². The molecular weight excluding hydrogens is 318 g/mol. The van der Waals surface area contributed by atoms with Gasteiger partial charge in [-0.3, -0.25) is 14.5 Å². The van der Waals surface area contributed by atoms with E-state index in [0.29, 0.717) is 12.3 Å². The molecule has 4 amide bonds. The molecule has 6 nitrogen and oxygen atoms in total. The van der Waals surface area contributed by atoms with Crippen LogP contribution in [0.4, 0.5) is 4.79 Å². The van der Waals surface area contributed by atoms with Crippen molar-refractivity contribution in [2.75, 3.05) is 6.54 Å². The molecule has 1 aliphatic carbocycles. The van der Waals surface area contributed by atoms with Crippen molar-refractivity contribution in [1.82, 2.24) is 15.5 Å². The van der Waals surface area contributed by atoms with E-state index in [-0.39, 0.29) is 24.4 Å². The van der Waals surface area contributed by atoms with Crippen LogP contribution in [0.3, 0.4) is 0 Å². The van der Waals surface area contributed by atoms with Crippen LogP contribution >= 0.6 is 0 Å². The number of hydrogen-bond donors (Lipinski definition) is 2. The topological polar surface area (TPSA) is 78.5 Å². The molecule has 0 aromatic rings. The molecule has 0 radical (unpaired) electrons. The van der Waals surface area contributed by atoms with E-state index in [1.807, 2.05) is 0 Å². The third kappa shape index (κ3) is 4.95. The van der Waals surface area contributed by atoms with Crippen LogP contribution in [0, 0.1) is 5.92 Å². The largest absolute Gasteiger partial charge is 0.352 e. The van der Waals surface area contributed by atoms with Gasteiger partial charge >= 0.3 is 6.03 Å². The summed E-state index contributed by atoms with van der Waals surface area (Å²) in [6.45, 7) is 5.86. The second kappa shape index (κ2) is 8.68. The lowest BCUT2D eigenvalue weighted by atomic mass is 9.86. The van der Waals surface area contributed by atoms with Crippen molar-refractivity contribution >= 4 is 17.8 Å². The first-order chi connectivity index (χ1) is 11.9. The first kappa shape index (κ1) is 19.7. The predicted octanol–water partition coefficient (Wildman–Crippen LogP) is 2.96. The molecule has 1 aliphatic heterocycles. The molecule has 6 heteroatoms. The molecule has 0 spiro atoms. The third-order valence-corrected chi connectivity index (χ3v) is 5.64. The second-order valence-corrected chi connectivity index (χ2v) is 7.90. The highest BCUT2D eigenvalue weighted by atomic mass is 16.2. The minimum Gasteiger partial charge on any atom is -0.352 e. The fraction of sp³-hybridized carbons (Fsp3) is 0.842. The average molecular weight is 351 g/mol. The Morgan fingerprint density at radius 3 is 2.64 bits per heavy atom. The lowest BCUT2D eigenvalue weighted by Gasteiger charge is -2.30. The Kier molecular flexibility index (Phi) is 6.85. The molecule has 142 valence electrons. The summed E-state index contributed by atoms with van der Waals surface area (Å²) in [5.74, 6) is -0.0667. The molecule has 1 heterocycles. The van der Waals surface area contributed by atoms with Gasteiger partial charge in [0.15, 0.2) is 0 Å². The molecule has 2 aliphatic rings. The van der Waals surface area contributed by atoms with E-state index < -0.39 is 11.6 Å². The Bertz CT molecular complexity index is 508. The van der Waals surface area contributed by atoms with Crippen LogP contribution in [-0.4, -0.2) is 40.9 Å². The SMILES string of the molecule is CCCCCC[C@@]1(C)NC(=O)N(CC(=O)N[C@@H]2CCCC[C@@H]2C)C1=O. The molecule has 0 unspecified atom stereocenters. The van der Waals surface area contributed by atoms with Gasteiger partial charge in [0.1, 0.15) is 12.1 Å². The monoisotopic (exact) mass is 351 g/mol. The summed E-state index contributed by atoms with van der Waals surface area (Å²) in [6, 6.07) is -0.294. The van der Waals surface area contributed by atoms with Crippen molar-refractivity contribution in [3.8, 4) is 0 Å². The molecule has 1 saturated heterocycles. The fourth-order valence-electron chi connectivity index (χ4n) is 3.89. The van der Waals surface area contributed by atoms with Crippen LogP contribution in [0.5, 0.6) is 0 Å². The smallest absolute Gasteiger partial charge is 0.325 e. The zero-order valence-electron chi connectivity index (χ0n) is 15.9. The summed E-state index contributed by atoms with van der Waals surface area (Å²) in [4.78, 5) is 38.3. The number of unbranched alkanes of at least 4 members (excludes halogenated alkanes) is 3.